The predicted molar refractivity (Wildman–Crippen MR) is 55.1 cm³/mol. The molecule has 6 nitrogen and oxygen atoms in total. The van der Waals surface area contributed by atoms with Crippen molar-refractivity contribution in [2.24, 2.45) is 0 Å². The van der Waals surface area contributed by atoms with E-state index in [9.17, 15) is 4.79 Å². The van der Waals surface area contributed by atoms with E-state index in [1.807, 2.05) is 6.92 Å². The van der Waals surface area contributed by atoms with E-state index in [-0.39, 0.29) is 24.9 Å². The van der Waals surface area contributed by atoms with Gasteiger partial charge in [-0.15, -0.1) is 0 Å². The molecule has 0 aliphatic heterocycles. The fourth-order valence-corrected chi connectivity index (χ4v) is 1.17. The minimum atomic E-state index is -0.0857. The first-order chi connectivity index (χ1) is 7.65. The van der Waals surface area contributed by atoms with Crippen molar-refractivity contribution in [3.8, 4) is 0 Å². The molecule has 1 aromatic rings. The molecule has 0 radical (unpaired) electrons. The summed E-state index contributed by atoms with van der Waals surface area (Å²) in [6.45, 7) is 1.97. The average Bonchev–Trinajstić information content (AvgIpc) is 2.65. The fourth-order valence-electron chi connectivity index (χ4n) is 1.17. The van der Waals surface area contributed by atoms with E-state index >= 15 is 0 Å². The molecule has 0 aliphatic rings. The number of methoxy groups -OCH3 is 2. The number of ether oxygens (including phenoxy) is 2. The highest BCUT2D eigenvalue weighted by molar-refractivity contribution is 5.81. The van der Waals surface area contributed by atoms with Crippen LogP contribution in [0.5, 0.6) is 0 Å². The highest BCUT2D eigenvalue weighted by Gasteiger charge is 2.12. The van der Waals surface area contributed by atoms with E-state index < -0.39 is 0 Å². The zero-order valence-electron chi connectivity index (χ0n) is 9.73. The molecular weight excluding hydrogens is 212 g/mol. The van der Waals surface area contributed by atoms with Gasteiger partial charge in [0, 0.05) is 20.6 Å². The summed E-state index contributed by atoms with van der Waals surface area (Å²) in [5, 5.41) is 3.76. The van der Waals surface area contributed by atoms with Gasteiger partial charge >= 0.3 is 0 Å². The molecule has 1 heterocycles. The third-order valence-electron chi connectivity index (χ3n) is 2.04. The van der Waals surface area contributed by atoms with Crippen molar-refractivity contribution in [3.05, 3.63) is 11.7 Å². The van der Waals surface area contributed by atoms with E-state index in [4.69, 9.17) is 14.0 Å². The smallest absolute Gasteiger partial charge is 0.234 e. The van der Waals surface area contributed by atoms with Crippen LogP contribution in [-0.4, -0.2) is 42.9 Å². The molecule has 0 aromatic carbocycles. The quantitative estimate of drug-likeness (QED) is 0.672. The maximum Gasteiger partial charge on any atom is 0.234 e. The number of carbonyl (C=O) groups is 1. The summed E-state index contributed by atoms with van der Waals surface area (Å²) in [5.74, 6) is 0.785. The maximum atomic E-state index is 11.2. The molecule has 90 valence electrons. The summed E-state index contributed by atoms with van der Waals surface area (Å²) in [7, 11) is 3.09. The lowest BCUT2D eigenvalue weighted by Gasteiger charge is -2.03. The number of hydrogen-bond donors (Lipinski definition) is 0. The number of Topliss-reactive ketones (excluding diaryl/α,β-unsaturated/α-hetero) is 1. The van der Waals surface area contributed by atoms with Crippen molar-refractivity contribution in [2.45, 2.75) is 25.9 Å². The third-order valence-corrected chi connectivity index (χ3v) is 2.04. The van der Waals surface area contributed by atoms with E-state index in [1.54, 1.807) is 7.11 Å². The summed E-state index contributed by atoms with van der Waals surface area (Å²) in [6, 6.07) is 0. The highest BCUT2D eigenvalue weighted by atomic mass is 16.5. The van der Waals surface area contributed by atoms with Crippen LogP contribution in [0.4, 0.5) is 0 Å². The molecule has 0 N–H and O–H groups in total. The largest absolute Gasteiger partial charge is 0.381 e. The van der Waals surface area contributed by atoms with Crippen LogP contribution in [0.3, 0.4) is 0 Å². The van der Waals surface area contributed by atoms with Gasteiger partial charge in [0.2, 0.25) is 5.89 Å². The summed E-state index contributed by atoms with van der Waals surface area (Å²) >= 11 is 0. The van der Waals surface area contributed by atoms with Crippen LogP contribution in [0.1, 0.15) is 18.6 Å². The molecule has 0 fully saturated rings. The molecule has 0 spiro atoms. The van der Waals surface area contributed by atoms with E-state index in [0.717, 1.165) is 0 Å². The van der Waals surface area contributed by atoms with Gasteiger partial charge < -0.3 is 14.0 Å². The SMILES string of the molecule is COCC(=O)Cc1nc(CC(C)OC)no1. The van der Waals surface area contributed by atoms with Gasteiger partial charge in [0.15, 0.2) is 11.6 Å². The molecular formula is C10H16N2O4. The molecule has 6 heteroatoms. The summed E-state index contributed by atoms with van der Waals surface area (Å²) in [5.41, 5.74) is 0. The van der Waals surface area contributed by atoms with Gasteiger partial charge in [0.1, 0.15) is 6.61 Å². The lowest BCUT2D eigenvalue weighted by Crippen LogP contribution is -2.11. The minimum Gasteiger partial charge on any atom is -0.381 e. The maximum absolute atomic E-state index is 11.2. The second kappa shape index (κ2) is 6.34. The Labute approximate surface area is 93.9 Å². The fraction of sp³-hybridized carbons (Fsp3) is 0.700. The lowest BCUT2D eigenvalue weighted by molar-refractivity contribution is -0.122. The summed E-state index contributed by atoms with van der Waals surface area (Å²) in [6.07, 6.45) is 0.709. The first kappa shape index (κ1) is 12.8. The minimum absolute atomic E-state index is 0.0279. The summed E-state index contributed by atoms with van der Waals surface area (Å²) in [4.78, 5) is 15.3. The van der Waals surface area contributed by atoms with Crippen molar-refractivity contribution < 1.29 is 18.8 Å². The molecule has 0 bridgehead atoms. The molecule has 0 aliphatic carbocycles. The highest BCUT2D eigenvalue weighted by Crippen LogP contribution is 2.03. The lowest BCUT2D eigenvalue weighted by atomic mass is 10.2. The van der Waals surface area contributed by atoms with Gasteiger partial charge in [-0.2, -0.15) is 4.98 Å². The van der Waals surface area contributed by atoms with Crippen molar-refractivity contribution >= 4 is 5.78 Å². The number of rotatable bonds is 7. The van der Waals surface area contributed by atoms with Crippen LogP contribution in [0.25, 0.3) is 0 Å². The number of carbonyl (C=O) groups excluding carboxylic acids is 1. The zero-order chi connectivity index (χ0) is 12.0. The molecule has 1 aromatic heterocycles. The van der Waals surface area contributed by atoms with Crippen molar-refractivity contribution in [1.29, 1.82) is 0 Å². The molecule has 16 heavy (non-hydrogen) atoms. The van der Waals surface area contributed by atoms with Gasteiger partial charge in [0.05, 0.1) is 12.5 Å². The molecule has 1 rings (SSSR count). The van der Waals surface area contributed by atoms with E-state index in [2.05, 4.69) is 10.1 Å². The van der Waals surface area contributed by atoms with Crippen LogP contribution in [-0.2, 0) is 27.1 Å². The first-order valence-electron chi connectivity index (χ1n) is 5.00. The van der Waals surface area contributed by atoms with Gasteiger partial charge in [-0.05, 0) is 6.92 Å². The Kier molecular flexibility index (Phi) is 5.07. The first-order valence-corrected chi connectivity index (χ1v) is 5.00. The Morgan fingerprint density at radius 1 is 1.50 bits per heavy atom. The Morgan fingerprint density at radius 2 is 2.25 bits per heavy atom. The Hall–Kier alpha value is -1.27. The monoisotopic (exact) mass is 228 g/mol. The zero-order valence-corrected chi connectivity index (χ0v) is 9.73. The summed E-state index contributed by atoms with van der Waals surface area (Å²) < 4.78 is 14.7. The van der Waals surface area contributed by atoms with Crippen molar-refractivity contribution in [1.82, 2.24) is 10.1 Å². The van der Waals surface area contributed by atoms with Crippen LogP contribution in [0.2, 0.25) is 0 Å². The normalized spacial score (nSPS) is 12.7. The molecule has 0 saturated heterocycles. The standard InChI is InChI=1S/C10H16N2O4/c1-7(15-3)4-9-11-10(16-12-9)5-8(13)6-14-2/h7H,4-6H2,1-3H3. The Bertz CT molecular complexity index is 337. The van der Waals surface area contributed by atoms with Crippen LogP contribution in [0, 0.1) is 0 Å². The van der Waals surface area contributed by atoms with Crippen molar-refractivity contribution in [3.63, 3.8) is 0 Å². The van der Waals surface area contributed by atoms with Crippen molar-refractivity contribution in [2.75, 3.05) is 20.8 Å². The third kappa shape index (κ3) is 4.08. The Morgan fingerprint density at radius 3 is 2.88 bits per heavy atom. The van der Waals surface area contributed by atoms with Crippen LogP contribution < -0.4 is 0 Å². The topological polar surface area (TPSA) is 74.5 Å². The molecule has 1 atom stereocenters. The number of aromatic nitrogens is 2. The van der Waals surface area contributed by atoms with Gasteiger partial charge in [-0.3, -0.25) is 4.79 Å². The molecule has 1 unspecified atom stereocenters. The van der Waals surface area contributed by atoms with E-state index in [1.165, 1.54) is 7.11 Å². The number of nitrogens with zero attached hydrogens (tertiary/aromatic N) is 2. The van der Waals surface area contributed by atoms with E-state index in [0.29, 0.717) is 18.1 Å². The molecule has 0 saturated carbocycles. The van der Waals surface area contributed by atoms with Crippen LogP contribution in [0.15, 0.2) is 4.52 Å². The second-order valence-corrected chi connectivity index (χ2v) is 3.50. The molecule has 0 amide bonds. The van der Waals surface area contributed by atoms with Crippen LogP contribution >= 0.6 is 0 Å². The van der Waals surface area contributed by atoms with Gasteiger partial charge in [-0.1, -0.05) is 5.16 Å². The number of hydrogen-bond acceptors (Lipinski definition) is 6. The Balaban J connectivity index is 2.48. The predicted octanol–water partition coefficient (Wildman–Crippen LogP) is 0.405. The second-order valence-electron chi connectivity index (χ2n) is 3.50. The van der Waals surface area contributed by atoms with Gasteiger partial charge in [-0.25, -0.2) is 0 Å². The number of ketones is 1. The van der Waals surface area contributed by atoms with Gasteiger partial charge in [0.25, 0.3) is 0 Å². The average molecular weight is 228 g/mol.